The van der Waals surface area contributed by atoms with Crippen LogP contribution in [0.5, 0.6) is 5.75 Å². The zero-order valence-corrected chi connectivity index (χ0v) is 12.1. The fraction of sp³-hybridized carbons (Fsp3) is 0.0667. The van der Waals surface area contributed by atoms with Gasteiger partial charge in [-0.2, -0.15) is 8.78 Å². The molecule has 0 aromatic heterocycles. The molecular weight excluding hydrogens is 312 g/mol. The highest BCUT2D eigenvalue weighted by atomic mass is 32.2. The third-order valence-electron chi connectivity index (χ3n) is 2.59. The van der Waals surface area contributed by atoms with Gasteiger partial charge in [-0.05, 0) is 23.8 Å². The molecule has 0 amide bonds. The molecule has 2 rings (SSSR count). The fourth-order valence-corrected chi connectivity index (χ4v) is 2.55. The van der Waals surface area contributed by atoms with Gasteiger partial charge >= 0.3 is 6.61 Å². The minimum Gasteiger partial charge on any atom is -0.433 e. The van der Waals surface area contributed by atoms with Crippen molar-refractivity contribution in [1.29, 1.82) is 0 Å². The van der Waals surface area contributed by atoms with E-state index in [1.165, 1.54) is 30.3 Å². The highest BCUT2D eigenvalue weighted by Crippen LogP contribution is 2.26. The van der Waals surface area contributed by atoms with Crippen LogP contribution in [0.4, 0.5) is 14.5 Å². The standard InChI is InChI=1S/C15H13F2NO3S/c16-15(17)21-14-9-5-4-8-13(14)18-22(19,20)11-10-12-6-2-1-3-7-12/h1-11,15,18H. The van der Waals surface area contributed by atoms with Crippen molar-refractivity contribution in [2.75, 3.05) is 4.72 Å². The van der Waals surface area contributed by atoms with Gasteiger partial charge in [-0.25, -0.2) is 8.42 Å². The van der Waals surface area contributed by atoms with E-state index in [-0.39, 0.29) is 11.4 Å². The molecule has 0 atom stereocenters. The van der Waals surface area contributed by atoms with Gasteiger partial charge in [0.2, 0.25) is 0 Å². The van der Waals surface area contributed by atoms with E-state index in [1.54, 1.807) is 24.3 Å². The van der Waals surface area contributed by atoms with Crippen LogP contribution in [0.1, 0.15) is 5.56 Å². The zero-order valence-electron chi connectivity index (χ0n) is 11.3. The molecule has 116 valence electrons. The van der Waals surface area contributed by atoms with E-state index in [0.29, 0.717) is 5.56 Å². The number of benzene rings is 2. The smallest absolute Gasteiger partial charge is 0.387 e. The lowest BCUT2D eigenvalue weighted by atomic mass is 10.2. The average Bonchev–Trinajstić information content (AvgIpc) is 2.48. The first-order valence-electron chi connectivity index (χ1n) is 6.26. The Hall–Kier alpha value is -2.41. The van der Waals surface area contributed by atoms with Gasteiger partial charge in [0.15, 0.2) is 0 Å². The maximum absolute atomic E-state index is 12.3. The normalized spacial score (nSPS) is 11.8. The first kappa shape index (κ1) is 16.0. The van der Waals surface area contributed by atoms with Crippen LogP contribution < -0.4 is 9.46 Å². The fourth-order valence-electron chi connectivity index (χ4n) is 1.67. The Labute approximate surface area is 127 Å². The van der Waals surface area contributed by atoms with E-state index < -0.39 is 16.6 Å². The molecule has 0 radical (unpaired) electrons. The number of alkyl halides is 2. The predicted molar refractivity (Wildman–Crippen MR) is 81.1 cm³/mol. The second kappa shape index (κ2) is 7.04. The Morgan fingerprint density at radius 1 is 1.00 bits per heavy atom. The molecule has 0 saturated heterocycles. The van der Waals surface area contributed by atoms with E-state index in [1.807, 2.05) is 6.07 Å². The summed E-state index contributed by atoms with van der Waals surface area (Å²) in [6, 6.07) is 14.4. The molecule has 2 aromatic rings. The number of nitrogens with one attached hydrogen (secondary N) is 1. The highest BCUT2D eigenvalue weighted by Gasteiger charge is 2.13. The first-order chi connectivity index (χ1) is 10.5. The van der Waals surface area contributed by atoms with Crippen LogP contribution in [0.25, 0.3) is 6.08 Å². The summed E-state index contributed by atoms with van der Waals surface area (Å²) in [5, 5.41) is 0.960. The van der Waals surface area contributed by atoms with Crippen molar-refractivity contribution < 1.29 is 21.9 Å². The Morgan fingerprint density at radius 3 is 2.32 bits per heavy atom. The van der Waals surface area contributed by atoms with Gasteiger partial charge in [-0.15, -0.1) is 0 Å². The van der Waals surface area contributed by atoms with Crippen molar-refractivity contribution in [2.24, 2.45) is 0 Å². The van der Waals surface area contributed by atoms with Crippen molar-refractivity contribution >= 4 is 21.8 Å². The van der Waals surface area contributed by atoms with Crippen LogP contribution in [0.15, 0.2) is 60.0 Å². The largest absolute Gasteiger partial charge is 0.433 e. The summed E-state index contributed by atoms with van der Waals surface area (Å²) in [5.41, 5.74) is 0.644. The Morgan fingerprint density at radius 2 is 1.64 bits per heavy atom. The lowest BCUT2D eigenvalue weighted by Gasteiger charge is -2.11. The van der Waals surface area contributed by atoms with Crippen molar-refractivity contribution in [1.82, 2.24) is 0 Å². The number of sulfonamides is 1. The molecule has 2 aromatic carbocycles. The summed E-state index contributed by atoms with van der Waals surface area (Å²) in [4.78, 5) is 0. The molecule has 0 heterocycles. The SMILES string of the molecule is O=S(=O)(C=Cc1ccccc1)Nc1ccccc1OC(F)F. The molecular formula is C15H13F2NO3S. The third-order valence-corrected chi connectivity index (χ3v) is 3.59. The van der Waals surface area contributed by atoms with E-state index in [0.717, 1.165) is 5.41 Å². The van der Waals surface area contributed by atoms with Crippen molar-refractivity contribution in [3.63, 3.8) is 0 Å². The van der Waals surface area contributed by atoms with Crippen molar-refractivity contribution in [3.8, 4) is 5.75 Å². The molecule has 0 fully saturated rings. The molecule has 0 saturated carbocycles. The Kier molecular flexibility index (Phi) is 5.11. The Balaban J connectivity index is 2.17. The monoisotopic (exact) mass is 325 g/mol. The minimum absolute atomic E-state index is 0.0551. The molecule has 4 nitrogen and oxygen atoms in total. The highest BCUT2D eigenvalue weighted by molar-refractivity contribution is 7.95. The minimum atomic E-state index is -3.85. The van der Waals surface area contributed by atoms with Crippen LogP contribution in [0, 0.1) is 0 Å². The van der Waals surface area contributed by atoms with Gasteiger partial charge in [0.1, 0.15) is 5.75 Å². The van der Waals surface area contributed by atoms with Gasteiger partial charge < -0.3 is 4.74 Å². The van der Waals surface area contributed by atoms with E-state index in [9.17, 15) is 17.2 Å². The maximum Gasteiger partial charge on any atom is 0.387 e. The summed E-state index contributed by atoms with van der Waals surface area (Å²) in [6.45, 7) is -3.04. The summed E-state index contributed by atoms with van der Waals surface area (Å²) in [7, 11) is -3.85. The quantitative estimate of drug-likeness (QED) is 0.881. The van der Waals surface area contributed by atoms with E-state index in [4.69, 9.17) is 0 Å². The number of rotatable bonds is 6. The van der Waals surface area contributed by atoms with E-state index >= 15 is 0 Å². The number of halogens is 2. The zero-order chi connectivity index (χ0) is 16.0. The molecule has 0 unspecified atom stereocenters. The lowest BCUT2D eigenvalue weighted by Crippen LogP contribution is -2.11. The van der Waals surface area contributed by atoms with Crippen LogP contribution in [0.3, 0.4) is 0 Å². The van der Waals surface area contributed by atoms with Gasteiger partial charge in [0, 0.05) is 0 Å². The summed E-state index contributed by atoms with van der Waals surface area (Å²) in [6.07, 6.45) is 1.40. The number of ether oxygens (including phenoxy) is 1. The van der Waals surface area contributed by atoms with Crippen molar-refractivity contribution in [3.05, 3.63) is 65.6 Å². The molecule has 1 N–H and O–H groups in total. The molecule has 0 bridgehead atoms. The first-order valence-corrected chi connectivity index (χ1v) is 7.81. The molecule has 0 spiro atoms. The molecule has 0 aliphatic carbocycles. The number of hydrogen-bond acceptors (Lipinski definition) is 3. The predicted octanol–water partition coefficient (Wildman–Crippen LogP) is 3.70. The van der Waals surface area contributed by atoms with Crippen LogP contribution in [0.2, 0.25) is 0 Å². The number of para-hydroxylation sites is 2. The van der Waals surface area contributed by atoms with Crippen molar-refractivity contribution in [2.45, 2.75) is 6.61 Å². The number of hydrogen-bond donors (Lipinski definition) is 1. The van der Waals surface area contributed by atoms with Crippen LogP contribution in [-0.4, -0.2) is 15.0 Å². The lowest BCUT2D eigenvalue weighted by molar-refractivity contribution is -0.0493. The topological polar surface area (TPSA) is 55.4 Å². The molecule has 22 heavy (non-hydrogen) atoms. The van der Waals surface area contributed by atoms with Crippen LogP contribution in [-0.2, 0) is 10.0 Å². The van der Waals surface area contributed by atoms with Crippen LogP contribution >= 0.6 is 0 Å². The summed E-state index contributed by atoms with van der Waals surface area (Å²) in [5.74, 6) is -0.241. The summed E-state index contributed by atoms with van der Waals surface area (Å²) < 4.78 is 55.0. The average molecular weight is 325 g/mol. The van der Waals surface area contributed by atoms with E-state index in [2.05, 4.69) is 9.46 Å². The van der Waals surface area contributed by atoms with Gasteiger partial charge in [-0.1, -0.05) is 42.5 Å². The van der Waals surface area contributed by atoms with Gasteiger partial charge in [0.25, 0.3) is 10.0 Å². The number of anilines is 1. The third kappa shape index (κ3) is 4.85. The molecule has 7 heteroatoms. The van der Waals surface area contributed by atoms with Gasteiger partial charge in [-0.3, -0.25) is 4.72 Å². The Bertz CT molecular complexity index is 746. The summed E-state index contributed by atoms with van der Waals surface area (Å²) >= 11 is 0. The molecule has 0 aliphatic heterocycles. The second-order valence-electron chi connectivity index (χ2n) is 4.24. The molecule has 0 aliphatic rings. The maximum atomic E-state index is 12.3. The second-order valence-corrected chi connectivity index (χ2v) is 5.80. The van der Waals surface area contributed by atoms with Gasteiger partial charge in [0.05, 0.1) is 11.1 Å².